The zero-order valence-corrected chi connectivity index (χ0v) is 11.3. The number of nitrogens with one attached hydrogen (secondary N) is 1. The predicted molar refractivity (Wildman–Crippen MR) is 68.9 cm³/mol. The fraction of sp³-hybridized carbons (Fsp3) is 0.100. The Kier molecular flexibility index (Phi) is 3.49. The average molecular weight is 299 g/mol. The van der Waals surface area contributed by atoms with E-state index in [0.717, 1.165) is 16.9 Å². The van der Waals surface area contributed by atoms with Crippen molar-refractivity contribution in [3.8, 4) is 0 Å². The summed E-state index contributed by atoms with van der Waals surface area (Å²) in [7, 11) is -3.98. The van der Waals surface area contributed by atoms with Gasteiger partial charge in [0.2, 0.25) is 0 Å². The van der Waals surface area contributed by atoms with Crippen LogP contribution in [0.1, 0.15) is 16.1 Å². The first-order valence-corrected chi connectivity index (χ1v) is 7.37. The topological polar surface area (TPSA) is 109 Å². The summed E-state index contributed by atoms with van der Waals surface area (Å²) in [6, 6.07) is 1.59. The van der Waals surface area contributed by atoms with Crippen LogP contribution in [0.25, 0.3) is 0 Å². The number of hydrogen-bond donors (Lipinski definition) is 2. The zero-order chi connectivity index (χ0) is 14.0. The maximum Gasteiger partial charge on any atom is 0.356 e. The number of aromatic nitrogens is 2. The van der Waals surface area contributed by atoms with Crippen LogP contribution in [-0.4, -0.2) is 29.5 Å². The molecule has 100 valence electrons. The van der Waals surface area contributed by atoms with Gasteiger partial charge in [-0.05, 0) is 18.6 Å². The molecule has 2 aromatic rings. The van der Waals surface area contributed by atoms with E-state index in [-0.39, 0.29) is 9.90 Å². The second kappa shape index (κ2) is 4.94. The van der Waals surface area contributed by atoms with Gasteiger partial charge in [0, 0.05) is 6.20 Å². The number of carboxylic acids is 1. The Morgan fingerprint density at radius 1 is 1.42 bits per heavy atom. The van der Waals surface area contributed by atoms with Crippen LogP contribution in [0.2, 0.25) is 0 Å². The quantitative estimate of drug-likeness (QED) is 0.881. The van der Waals surface area contributed by atoms with E-state index in [9.17, 15) is 13.2 Å². The number of carboxylic acid groups (broad SMARTS) is 1. The number of hydrogen-bond acceptors (Lipinski definition) is 6. The van der Waals surface area contributed by atoms with Crippen LogP contribution >= 0.6 is 11.3 Å². The van der Waals surface area contributed by atoms with E-state index in [2.05, 4.69) is 14.7 Å². The summed E-state index contributed by atoms with van der Waals surface area (Å²) in [4.78, 5) is 18.3. The molecule has 0 amide bonds. The van der Waals surface area contributed by atoms with Gasteiger partial charge in [0.1, 0.15) is 0 Å². The lowest BCUT2D eigenvalue weighted by atomic mass is 10.3. The summed E-state index contributed by atoms with van der Waals surface area (Å²) in [6.07, 6.45) is 2.92. The van der Waals surface area contributed by atoms with Crippen molar-refractivity contribution < 1.29 is 18.3 Å². The maximum absolute atomic E-state index is 12.1. The van der Waals surface area contributed by atoms with Gasteiger partial charge in [0.05, 0.1) is 17.4 Å². The van der Waals surface area contributed by atoms with E-state index in [1.54, 1.807) is 19.2 Å². The molecular weight excluding hydrogens is 290 g/mol. The molecule has 0 aromatic carbocycles. The molecular formula is C10H9N3O4S2. The van der Waals surface area contributed by atoms with Gasteiger partial charge in [-0.3, -0.25) is 9.71 Å². The third-order valence-electron chi connectivity index (χ3n) is 2.11. The minimum absolute atomic E-state index is 0.268. The van der Waals surface area contributed by atoms with E-state index in [4.69, 9.17) is 5.11 Å². The lowest BCUT2D eigenvalue weighted by Crippen LogP contribution is -2.15. The first-order valence-electron chi connectivity index (χ1n) is 5.01. The molecule has 0 bridgehead atoms. The lowest BCUT2D eigenvalue weighted by Gasteiger charge is -2.06. The molecule has 0 atom stereocenters. The summed E-state index contributed by atoms with van der Waals surface area (Å²) >= 11 is 0.745. The molecule has 0 saturated carbocycles. The van der Waals surface area contributed by atoms with Crippen molar-refractivity contribution in [1.29, 1.82) is 0 Å². The van der Waals surface area contributed by atoms with Crippen molar-refractivity contribution in [3.05, 3.63) is 35.2 Å². The fourth-order valence-corrected chi connectivity index (χ4v) is 3.56. The molecule has 0 radical (unpaired) electrons. The number of rotatable bonds is 4. The van der Waals surface area contributed by atoms with Crippen LogP contribution in [-0.2, 0) is 10.0 Å². The number of pyridine rings is 1. The molecule has 2 aromatic heterocycles. The van der Waals surface area contributed by atoms with E-state index in [0.29, 0.717) is 0 Å². The zero-order valence-electron chi connectivity index (χ0n) is 9.69. The Bertz CT molecular complexity index is 724. The van der Waals surface area contributed by atoms with Gasteiger partial charge in [-0.25, -0.2) is 18.2 Å². The number of carbonyl (C=O) groups is 1. The van der Waals surface area contributed by atoms with E-state index in [1.165, 1.54) is 11.7 Å². The van der Waals surface area contributed by atoms with Crippen molar-refractivity contribution in [2.75, 3.05) is 4.72 Å². The molecule has 0 spiro atoms. The van der Waals surface area contributed by atoms with E-state index < -0.39 is 21.7 Å². The van der Waals surface area contributed by atoms with Crippen molar-refractivity contribution in [2.24, 2.45) is 0 Å². The fourth-order valence-electron chi connectivity index (χ4n) is 1.38. The van der Waals surface area contributed by atoms with Crippen LogP contribution in [0.15, 0.2) is 28.2 Å². The summed E-state index contributed by atoms with van der Waals surface area (Å²) < 4.78 is 26.1. The molecule has 0 aliphatic rings. The standard InChI is InChI=1S/C10H9N3O4S2/c1-6-2-7(4-11-3-6)13-19(16,17)10-8(9(14)15)12-5-18-10/h2-5,13H,1H3,(H,14,15). The lowest BCUT2D eigenvalue weighted by molar-refractivity contribution is 0.0687. The summed E-state index contributed by atoms with van der Waals surface area (Å²) in [5.74, 6) is -1.39. The number of anilines is 1. The Labute approximate surface area is 113 Å². The minimum Gasteiger partial charge on any atom is -0.476 e. The van der Waals surface area contributed by atoms with Gasteiger partial charge in [-0.1, -0.05) is 0 Å². The molecule has 0 fully saturated rings. The van der Waals surface area contributed by atoms with Crippen LogP contribution in [0.4, 0.5) is 5.69 Å². The first-order chi connectivity index (χ1) is 8.90. The van der Waals surface area contributed by atoms with Crippen molar-refractivity contribution >= 4 is 33.0 Å². The Morgan fingerprint density at radius 2 is 2.16 bits per heavy atom. The van der Waals surface area contributed by atoms with E-state index >= 15 is 0 Å². The highest BCUT2D eigenvalue weighted by Crippen LogP contribution is 2.23. The smallest absolute Gasteiger partial charge is 0.356 e. The van der Waals surface area contributed by atoms with Gasteiger partial charge >= 0.3 is 5.97 Å². The summed E-state index contributed by atoms with van der Waals surface area (Å²) in [5.41, 5.74) is 1.73. The Hall–Kier alpha value is -2.00. The highest BCUT2D eigenvalue weighted by Gasteiger charge is 2.25. The van der Waals surface area contributed by atoms with Crippen LogP contribution in [0.5, 0.6) is 0 Å². The van der Waals surface area contributed by atoms with Gasteiger partial charge in [0.15, 0.2) is 9.90 Å². The molecule has 7 nitrogen and oxygen atoms in total. The highest BCUT2D eigenvalue weighted by molar-refractivity contribution is 7.94. The minimum atomic E-state index is -3.98. The maximum atomic E-state index is 12.1. The molecule has 0 unspecified atom stereocenters. The number of thiazole rings is 1. The SMILES string of the molecule is Cc1cncc(NS(=O)(=O)c2scnc2C(=O)O)c1. The van der Waals surface area contributed by atoms with Crippen molar-refractivity contribution in [1.82, 2.24) is 9.97 Å². The monoisotopic (exact) mass is 299 g/mol. The number of sulfonamides is 1. The molecule has 9 heteroatoms. The third kappa shape index (κ3) is 2.88. The average Bonchev–Trinajstić information content (AvgIpc) is 2.77. The third-order valence-corrected chi connectivity index (χ3v) is 4.86. The molecule has 19 heavy (non-hydrogen) atoms. The van der Waals surface area contributed by atoms with Crippen LogP contribution < -0.4 is 4.72 Å². The number of aromatic carboxylic acids is 1. The molecule has 0 aliphatic heterocycles. The van der Waals surface area contributed by atoms with Crippen LogP contribution in [0, 0.1) is 6.92 Å². The molecule has 2 heterocycles. The van der Waals surface area contributed by atoms with Gasteiger partial charge < -0.3 is 5.11 Å². The molecule has 0 saturated heterocycles. The second-order valence-corrected chi connectivity index (χ2v) is 6.38. The molecule has 0 aliphatic carbocycles. The van der Waals surface area contributed by atoms with Gasteiger partial charge in [-0.15, -0.1) is 11.3 Å². The van der Waals surface area contributed by atoms with Gasteiger partial charge in [0.25, 0.3) is 10.0 Å². The Balaban J connectivity index is 2.38. The largest absolute Gasteiger partial charge is 0.476 e. The number of aryl methyl sites for hydroxylation is 1. The highest BCUT2D eigenvalue weighted by atomic mass is 32.2. The summed E-state index contributed by atoms with van der Waals surface area (Å²) in [5, 5.41) is 8.87. The predicted octanol–water partition coefficient (Wildman–Crippen LogP) is 1.35. The normalized spacial score (nSPS) is 11.2. The number of nitrogens with zero attached hydrogens (tertiary/aromatic N) is 2. The second-order valence-electron chi connectivity index (χ2n) is 3.65. The van der Waals surface area contributed by atoms with Crippen molar-refractivity contribution in [2.45, 2.75) is 11.1 Å². The van der Waals surface area contributed by atoms with Crippen LogP contribution in [0.3, 0.4) is 0 Å². The Morgan fingerprint density at radius 3 is 2.79 bits per heavy atom. The molecule has 2 rings (SSSR count). The van der Waals surface area contributed by atoms with Gasteiger partial charge in [-0.2, -0.15) is 0 Å². The summed E-state index contributed by atoms with van der Waals surface area (Å²) in [6.45, 7) is 1.76. The van der Waals surface area contributed by atoms with Crippen molar-refractivity contribution in [3.63, 3.8) is 0 Å². The first kappa shape index (κ1) is 13.4. The molecule has 2 N–H and O–H groups in total. The van der Waals surface area contributed by atoms with E-state index in [1.807, 2.05) is 0 Å².